The van der Waals surface area contributed by atoms with Crippen LogP contribution in [0.1, 0.15) is 45.0 Å². The topological polar surface area (TPSA) is 68.0 Å². The van der Waals surface area contributed by atoms with Crippen molar-refractivity contribution >= 4 is 11.6 Å². The molecule has 1 heterocycles. The predicted octanol–water partition coefficient (Wildman–Crippen LogP) is 2.92. The van der Waals surface area contributed by atoms with Gasteiger partial charge in [0.2, 0.25) is 11.8 Å². The normalized spacial score (nSPS) is 11.4. The first-order valence-electron chi connectivity index (χ1n) is 6.54. The summed E-state index contributed by atoms with van der Waals surface area (Å²) in [6.07, 6.45) is 0.611. The van der Waals surface area contributed by atoms with E-state index in [0.29, 0.717) is 18.1 Å². The van der Waals surface area contributed by atoms with Crippen molar-refractivity contribution < 1.29 is 9.32 Å². The molecule has 5 nitrogen and oxygen atoms in total. The molecular formula is C15H19N3O2. The molecule has 0 fully saturated rings. The van der Waals surface area contributed by atoms with Crippen LogP contribution in [-0.2, 0) is 16.6 Å². The van der Waals surface area contributed by atoms with Gasteiger partial charge in [0.05, 0.1) is 0 Å². The molecule has 0 aliphatic rings. The lowest BCUT2D eigenvalue weighted by Gasteiger charge is -2.10. The van der Waals surface area contributed by atoms with Gasteiger partial charge in [-0.3, -0.25) is 4.79 Å². The van der Waals surface area contributed by atoms with Crippen LogP contribution in [0.4, 0.5) is 5.69 Å². The van der Waals surface area contributed by atoms with E-state index in [-0.39, 0.29) is 11.3 Å². The summed E-state index contributed by atoms with van der Waals surface area (Å²) in [6, 6.07) is 7.61. The van der Waals surface area contributed by atoms with Crippen molar-refractivity contribution in [2.24, 2.45) is 0 Å². The van der Waals surface area contributed by atoms with E-state index in [4.69, 9.17) is 4.52 Å². The zero-order valence-electron chi connectivity index (χ0n) is 12.2. The number of carbonyl (C=O) groups is 1. The van der Waals surface area contributed by atoms with Crippen LogP contribution in [0, 0.1) is 0 Å². The molecular weight excluding hydrogens is 254 g/mol. The fourth-order valence-electron chi connectivity index (χ4n) is 1.72. The number of aromatic nitrogens is 2. The molecule has 0 bridgehead atoms. The predicted molar refractivity (Wildman–Crippen MR) is 76.5 cm³/mol. The second kappa shape index (κ2) is 5.45. The van der Waals surface area contributed by atoms with Gasteiger partial charge in [-0.25, -0.2) is 0 Å². The van der Waals surface area contributed by atoms with Crippen LogP contribution in [0.2, 0.25) is 0 Å². The van der Waals surface area contributed by atoms with E-state index in [2.05, 4.69) is 15.5 Å². The zero-order valence-corrected chi connectivity index (χ0v) is 12.2. The average molecular weight is 273 g/mol. The summed E-state index contributed by atoms with van der Waals surface area (Å²) in [5, 5.41) is 6.72. The van der Waals surface area contributed by atoms with E-state index >= 15 is 0 Å². The molecule has 0 aliphatic heterocycles. The Bertz CT molecular complexity index is 594. The van der Waals surface area contributed by atoms with E-state index in [0.717, 1.165) is 11.3 Å². The molecule has 1 aromatic heterocycles. The minimum absolute atomic E-state index is 0.0780. The highest BCUT2D eigenvalue weighted by Gasteiger charge is 2.21. The maximum atomic E-state index is 10.9. The molecule has 0 atom stereocenters. The second-order valence-corrected chi connectivity index (χ2v) is 5.82. The molecule has 0 aliphatic carbocycles. The summed E-state index contributed by atoms with van der Waals surface area (Å²) < 4.78 is 5.26. The molecule has 0 saturated heterocycles. The zero-order chi connectivity index (χ0) is 14.8. The molecule has 2 aromatic rings. The van der Waals surface area contributed by atoms with Gasteiger partial charge >= 0.3 is 0 Å². The van der Waals surface area contributed by atoms with Gasteiger partial charge < -0.3 is 9.84 Å². The Morgan fingerprint density at radius 2 is 1.90 bits per heavy atom. The molecule has 1 amide bonds. The number of carbonyl (C=O) groups excluding carboxylic acids is 1. The number of nitrogens with one attached hydrogen (secondary N) is 1. The molecule has 0 radical (unpaired) electrons. The summed E-state index contributed by atoms with van der Waals surface area (Å²) in [5.74, 6) is 1.23. The smallest absolute Gasteiger partial charge is 0.232 e. The highest BCUT2D eigenvalue weighted by Crippen LogP contribution is 2.20. The molecule has 0 unspecified atom stereocenters. The van der Waals surface area contributed by atoms with Crippen LogP contribution >= 0.6 is 0 Å². The van der Waals surface area contributed by atoms with Gasteiger partial charge in [-0.05, 0) is 17.7 Å². The van der Waals surface area contributed by atoms with E-state index < -0.39 is 0 Å². The van der Waals surface area contributed by atoms with Gasteiger partial charge in [0, 0.05) is 24.4 Å². The SMILES string of the molecule is CC(=O)Nc1ccc(Cc2noc(C(C)(C)C)n2)cc1. The van der Waals surface area contributed by atoms with Gasteiger partial charge in [0.15, 0.2) is 5.82 Å². The number of hydrogen-bond acceptors (Lipinski definition) is 4. The molecule has 1 aromatic carbocycles. The minimum Gasteiger partial charge on any atom is -0.339 e. The van der Waals surface area contributed by atoms with Gasteiger partial charge in [-0.2, -0.15) is 4.98 Å². The first-order chi connectivity index (χ1) is 9.34. The Morgan fingerprint density at radius 3 is 2.40 bits per heavy atom. The monoisotopic (exact) mass is 273 g/mol. The van der Waals surface area contributed by atoms with Crippen LogP contribution in [0.15, 0.2) is 28.8 Å². The number of anilines is 1. The highest BCUT2D eigenvalue weighted by molar-refractivity contribution is 5.88. The Balaban J connectivity index is 2.06. The lowest BCUT2D eigenvalue weighted by molar-refractivity contribution is -0.114. The molecule has 106 valence electrons. The lowest BCUT2D eigenvalue weighted by Crippen LogP contribution is -2.11. The van der Waals surface area contributed by atoms with E-state index in [9.17, 15) is 4.79 Å². The summed E-state index contributed by atoms with van der Waals surface area (Å²) in [6.45, 7) is 7.59. The van der Waals surface area contributed by atoms with Crippen LogP contribution in [-0.4, -0.2) is 16.0 Å². The van der Waals surface area contributed by atoms with E-state index in [1.165, 1.54) is 6.92 Å². The maximum Gasteiger partial charge on any atom is 0.232 e. The number of hydrogen-bond donors (Lipinski definition) is 1. The van der Waals surface area contributed by atoms with Gasteiger partial charge in [-0.1, -0.05) is 38.1 Å². The van der Waals surface area contributed by atoms with Crippen molar-refractivity contribution in [3.05, 3.63) is 41.5 Å². The third kappa shape index (κ3) is 3.66. The van der Waals surface area contributed by atoms with Crippen molar-refractivity contribution in [2.45, 2.75) is 39.5 Å². The van der Waals surface area contributed by atoms with Gasteiger partial charge in [0.25, 0.3) is 0 Å². The van der Waals surface area contributed by atoms with Crippen LogP contribution < -0.4 is 5.32 Å². The van der Waals surface area contributed by atoms with Crippen molar-refractivity contribution in [3.63, 3.8) is 0 Å². The summed E-state index contributed by atoms with van der Waals surface area (Å²) >= 11 is 0. The van der Waals surface area contributed by atoms with Gasteiger partial charge in [-0.15, -0.1) is 0 Å². The molecule has 2 rings (SSSR count). The third-order valence-corrected chi connectivity index (χ3v) is 2.75. The quantitative estimate of drug-likeness (QED) is 0.933. The largest absolute Gasteiger partial charge is 0.339 e. The molecule has 0 spiro atoms. The molecule has 20 heavy (non-hydrogen) atoms. The van der Waals surface area contributed by atoms with E-state index in [1.54, 1.807) is 0 Å². The summed E-state index contributed by atoms with van der Waals surface area (Å²) in [7, 11) is 0. The fourth-order valence-corrected chi connectivity index (χ4v) is 1.72. The number of amides is 1. The Kier molecular flexibility index (Phi) is 3.88. The number of benzene rings is 1. The maximum absolute atomic E-state index is 10.9. The summed E-state index contributed by atoms with van der Waals surface area (Å²) in [5.41, 5.74) is 1.71. The Morgan fingerprint density at radius 1 is 1.25 bits per heavy atom. The molecule has 0 saturated carbocycles. The third-order valence-electron chi connectivity index (χ3n) is 2.75. The van der Waals surface area contributed by atoms with Crippen LogP contribution in [0.5, 0.6) is 0 Å². The average Bonchev–Trinajstić information content (AvgIpc) is 2.79. The second-order valence-electron chi connectivity index (χ2n) is 5.82. The number of rotatable bonds is 3. The Hall–Kier alpha value is -2.17. The lowest BCUT2D eigenvalue weighted by atomic mass is 9.97. The molecule has 5 heteroatoms. The first kappa shape index (κ1) is 14.2. The van der Waals surface area contributed by atoms with Crippen molar-refractivity contribution in [3.8, 4) is 0 Å². The van der Waals surface area contributed by atoms with Gasteiger partial charge in [0.1, 0.15) is 0 Å². The number of nitrogens with zero attached hydrogens (tertiary/aromatic N) is 2. The fraction of sp³-hybridized carbons (Fsp3) is 0.400. The Labute approximate surface area is 118 Å². The first-order valence-corrected chi connectivity index (χ1v) is 6.54. The van der Waals surface area contributed by atoms with Crippen molar-refractivity contribution in [1.82, 2.24) is 10.1 Å². The summed E-state index contributed by atoms with van der Waals surface area (Å²) in [4.78, 5) is 15.3. The van der Waals surface area contributed by atoms with E-state index in [1.807, 2.05) is 45.0 Å². The van der Waals surface area contributed by atoms with Crippen molar-refractivity contribution in [2.75, 3.05) is 5.32 Å². The van der Waals surface area contributed by atoms with Crippen LogP contribution in [0.3, 0.4) is 0 Å². The van der Waals surface area contributed by atoms with Crippen molar-refractivity contribution in [1.29, 1.82) is 0 Å². The minimum atomic E-state index is -0.138. The standard InChI is InChI=1S/C15H19N3O2/c1-10(19)16-12-7-5-11(6-8-12)9-13-17-14(20-18-13)15(2,3)4/h5-8H,9H2,1-4H3,(H,16,19). The highest BCUT2D eigenvalue weighted by atomic mass is 16.5. The molecule has 1 N–H and O–H groups in total. The van der Waals surface area contributed by atoms with Crippen LogP contribution in [0.25, 0.3) is 0 Å².